The van der Waals surface area contributed by atoms with Crippen LogP contribution in [0.2, 0.25) is 0 Å². The highest BCUT2D eigenvalue weighted by molar-refractivity contribution is 6.09. The average molecular weight is 410 g/mol. The Kier molecular flexibility index (Phi) is 4.91. The van der Waals surface area contributed by atoms with Crippen molar-refractivity contribution in [1.82, 2.24) is 9.97 Å². The number of H-pyrrole nitrogens is 1. The highest BCUT2D eigenvalue weighted by Crippen LogP contribution is 2.34. The molecule has 0 radical (unpaired) electrons. The summed E-state index contributed by atoms with van der Waals surface area (Å²) in [5.74, 6) is 0. The van der Waals surface area contributed by atoms with Gasteiger partial charge in [0.05, 0.1) is 16.6 Å². The maximum atomic E-state index is 12.7. The predicted molar refractivity (Wildman–Crippen MR) is 110 cm³/mol. The molecule has 0 aliphatic heterocycles. The second-order valence-electron chi connectivity index (χ2n) is 6.75. The van der Waals surface area contributed by atoms with Gasteiger partial charge in [0, 0.05) is 18.1 Å². The quantitative estimate of drug-likeness (QED) is 0.376. The number of halogens is 3. The molecule has 4 aromatic rings. The molecule has 0 spiro atoms. The molecule has 0 fully saturated rings. The number of aromatic nitrogens is 2. The molecule has 2 aromatic heterocycles. The van der Waals surface area contributed by atoms with E-state index in [0.717, 1.165) is 34.2 Å². The number of benzene rings is 2. The molecule has 0 bridgehead atoms. The van der Waals surface area contributed by atoms with Gasteiger partial charge in [0.25, 0.3) is 0 Å². The van der Waals surface area contributed by atoms with Crippen molar-refractivity contribution < 1.29 is 18.0 Å². The maximum absolute atomic E-state index is 12.7. The van der Waals surface area contributed by atoms with E-state index in [-0.39, 0.29) is 5.69 Å². The Morgan fingerprint density at radius 2 is 1.70 bits per heavy atom. The first-order valence-corrected chi connectivity index (χ1v) is 9.10. The molecule has 0 unspecified atom stereocenters. The van der Waals surface area contributed by atoms with Gasteiger partial charge in [0.1, 0.15) is 5.65 Å². The van der Waals surface area contributed by atoms with Crippen molar-refractivity contribution >= 4 is 28.4 Å². The van der Waals surface area contributed by atoms with Gasteiger partial charge in [-0.05, 0) is 53.9 Å². The van der Waals surface area contributed by atoms with E-state index in [1.165, 1.54) is 12.1 Å². The summed E-state index contributed by atoms with van der Waals surface area (Å²) in [4.78, 5) is 19.8. The van der Waals surface area contributed by atoms with Gasteiger partial charge in [0.2, 0.25) is 0 Å². The van der Waals surface area contributed by atoms with Crippen LogP contribution in [0, 0.1) is 6.92 Å². The summed E-state index contributed by atoms with van der Waals surface area (Å²) in [5.41, 5.74) is 3.59. The molecule has 3 N–H and O–H groups in total. The Morgan fingerprint density at radius 1 is 0.967 bits per heavy atom. The molecule has 2 heterocycles. The van der Waals surface area contributed by atoms with Crippen LogP contribution in [-0.2, 0) is 6.18 Å². The van der Waals surface area contributed by atoms with Gasteiger partial charge in [-0.15, -0.1) is 0 Å². The van der Waals surface area contributed by atoms with Crippen LogP contribution in [-0.4, -0.2) is 16.0 Å². The Labute approximate surface area is 170 Å². The third-order valence-electron chi connectivity index (χ3n) is 4.73. The van der Waals surface area contributed by atoms with Gasteiger partial charge in [0.15, 0.2) is 0 Å². The zero-order valence-electron chi connectivity index (χ0n) is 15.8. The number of aryl methyl sites for hydroxylation is 1. The van der Waals surface area contributed by atoms with E-state index in [1.807, 2.05) is 37.3 Å². The zero-order valence-corrected chi connectivity index (χ0v) is 15.8. The van der Waals surface area contributed by atoms with Gasteiger partial charge in [-0.2, -0.15) is 13.2 Å². The standard InChI is InChI=1S/C22H17F3N4O/c1-13-4-2-3-5-16(13)17-10-11-26-20-19(17)18(12-27-20)29-21(30)28-15-8-6-14(7-9-15)22(23,24)25/h2-12H,1H3,(H,26,27)(H2,28,29,30). The van der Waals surface area contributed by atoms with E-state index >= 15 is 0 Å². The Bertz CT molecular complexity index is 1210. The van der Waals surface area contributed by atoms with Crippen molar-refractivity contribution in [3.8, 4) is 11.1 Å². The number of rotatable bonds is 3. The van der Waals surface area contributed by atoms with Crippen LogP contribution in [0.4, 0.5) is 29.3 Å². The first-order chi connectivity index (χ1) is 14.3. The third kappa shape index (κ3) is 3.84. The van der Waals surface area contributed by atoms with E-state index in [9.17, 15) is 18.0 Å². The highest BCUT2D eigenvalue weighted by atomic mass is 19.4. The van der Waals surface area contributed by atoms with Crippen LogP contribution in [0.25, 0.3) is 22.2 Å². The molecular weight excluding hydrogens is 393 g/mol. The van der Waals surface area contributed by atoms with Crippen LogP contribution < -0.4 is 10.6 Å². The first-order valence-electron chi connectivity index (χ1n) is 9.10. The molecule has 0 atom stereocenters. The fourth-order valence-corrected chi connectivity index (χ4v) is 3.28. The summed E-state index contributed by atoms with van der Waals surface area (Å²) in [6, 6.07) is 13.4. The lowest BCUT2D eigenvalue weighted by Crippen LogP contribution is -2.19. The van der Waals surface area contributed by atoms with Gasteiger partial charge in [-0.3, -0.25) is 0 Å². The number of alkyl halides is 3. The molecule has 4 rings (SSSR count). The number of pyridine rings is 1. The number of nitrogens with one attached hydrogen (secondary N) is 3. The molecule has 2 aromatic carbocycles. The topological polar surface area (TPSA) is 69.8 Å². The van der Waals surface area contributed by atoms with Crippen molar-refractivity contribution in [1.29, 1.82) is 0 Å². The number of nitrogens with zero attached hydrogens (tertiary/aromatic N) is 1. The lowest BCUT2D eigenvalue weighted by atomic mass is 9.99. The first kappa shape index (κ1) is 19.5. The van der Waals surface area contributed by atoms with Gasteiger partial charge in [-0.1, -0.05) is 24.3 Å². The number of urea groups is 1. The van der Waals surface area contributed by atoms with Gasteiger partial charge >= 0.3 is 12.2 Å². The van der Waals surface area contributed by atoms with Crippen molar-refractivity contribution in [3.63, 3.8) is 0 Å². The number of amides is 2. The SMILES string of the molecule is Cc1ccccc1-c1ccnc2[nH]cc(NC(=O)Nc3ccc(C(F)(F)F)cc3)c12. The van der Waals surface area contributed by atoms with E-state index in [2.05, 4.69) is 20.6 Å². The summed E-state index contributed by atoms with van der Waals surface area (Å²) >= 11 is 0. The minimum absolute atomic E-state index is 0.248. The summed E-state index contributed by atoms with van der Waals surface area (Å²) < 4.78 is 38.0. The Hall–Kier alpha value is -3.81. The van der Waals surface area contributed by atoms with Crippen molar-refractivity contribution in [2.24, 2.45) is 0 Å². The van der Waals surface area contributed by atoms with Crippen LogP contribution in [0.3, 0.4) is 0 Å². The van der Waals surface area contributed by atoms with Crippen LogP contribution in [0.5, 0.6) is 0 Å². The van der Waals surface area contributed by atoms with Gasteiger partial charge in [-0.25, -0.2) is 9.78 Å². The van der Waals surface area contributed by atoms with Crippen molar-refractivity contribution in [2.45, 2.75) is 13.1 Å². The molecule has 152 valence electrons. The Balaban J connectivity index is 1.60. The molecule has 2 amide bonds. The lowest BCUT2D eigenvalue weighted by Gasteiger charge is -2.11. The highest BCUT2D eigenvalue weighted by Gasteiger charge is 2.30. The van der Waals surface area contributed by atoms with Crippen molar-refractivity contribution in [3.05, 3.63) is 78.1 Å². The second-order valence-corrected chi connectivity index (χ2v) is 6.75. The maximum Gasteiger partial charge on any atom is 0.416 e. The molecule has 30 heavy (non-hydrogen) atoms. The molecule has 0 saturated heterocycles. The zero-order chi connectivity index (χ0) is 21.3. The third-order valence-corrected chi connectivity index (χ3v) is 4.73. The molecule has 5 nitrogen and oxygen atoms in total. The van der Waals surface area contributed by atoms with E-state index in [4.69, 9.17) is 0 Å². The fourth-order valence-electron chi connectivity index (χ4n) is 3.28. The van der Waals surface area contributed by atoms with Crippen LogP contribution in [0.15, 0.2) is 67.0 Å². The number of hydrogen-bond acceptors (Lipinski definition) is 2. The fraction of sp³-hybridized carbons (Fsp3) is 0.0909. The Morgan fingerprint density at radius 3 is 2.40 bits per heavy atom. The lowest BCUT2D eigenvalue weighted by molar-refractivity contribution is -0.137. The summed E-state index contributed by atoms with van der Waals surface area (Å²) in [6.07, 6.45) is -1.11. The molecule has 0 aliphatic rings. The van der Waals surface area contributed by atoms with E-state index < -0.39 is 17.8 Å². The normalized spacial score (nSPS) is 11.5. The van der Waals surface area contributed by atoms with E-state index in [0.29, 0.717) is 11.3 Å². The average Bonchev–Trinajstić information content (AvgIpc) is 3.11. The number of hydrogen-bond donors (Lipinski definition) is 3. The minimum atomic E-state index is -4.43. The van der Waals surface area contributed by atoms with Gasteiger partial charge < -0.3 is 15.6 Å². The molecule has 0 saturated carbocycles. The summed E-state index contributed by atoms with van der Waals surface area (Å²) in [7, 11) is 0. The number of carbonyl (C=O) groups excluding carboxylic acids is 1. The smallest absolute Gasteiger partial charge is 0.344 e. The van der Waals surface area contributed by atoms with Crippen molar-refractivity contribution in [2.75, 3.05) is 10.6 Å². The minimum Gasteiger partial charge on any atom is -0.344 e. The predicted octanol–water partition coefficient (Wildman–Crippen LogP) is 6.20. The second kappa shape index (κ2) is 7.55. The summed E-state index contributed by atoms with van der Waals surface area (Å²) in [6.45, 7) is 2.00. The van der Waals surface area contributed by atoms with Crippen LogP contribution in [0.1, 0.15) is 11.1 Å². The number of fused-ring (bicyclic) bond motifs is 1. The van der Waals surface area contributed by atoms with E-state index in [1.54, 1.807) is 12.4 Å². The molecular formula is C22H17F3N4O. The monoisotopic (exact) mass is 410 g/mol. The largest absolute Gasteiger partial charge is 0.416 e. The molecule has 8 heteroatoms. The number of anilines is 2. The number of aromatic amines is 1. The summed E-state index contributed by atoms with van der Waals surface area (Å²) in [5, 5.41) is 6.03. The number of carbonyl (C=O) groups is 1. The van der Waals surface area contributed by atoms with Crippen LogP contribution >= 0.6 is 0 Å². The molecule has 0 aliphatic carbocycles.